The van der Waals surface area contributed by atoms with Crippen molar-refractivity contribution in [1.29, 1.82) is 0 Å². The van der Waals surface area contributed by atoms with Crippen molar-refractivity contribution in [3.8, 4) is 0 Å². The third-order valence-electron chi connectivity index (χ3n) is 3.54. The van der Waals surface area contributed by atoms with Gasteiger partial charge >= 0.3 is 0 Å². The fraction of sp³-hybridized carbons (Fsp3) is 0.188. The van der Waals surface area contributed by atoms with Gasteiger partial charge in [0.05, 0.1) is 24.5 Å². The molecule has 0 radical (unpaired) electrons. The first-order valence-corrected chi connectivity index (χ1v) is 8.64. The molecule has 2 aromatic rings. The molecule has 1 aromatic carbocycles. The number of nitrogens with one attached hydrogen (secondary N) is 3. The number of fused-ring (bicyclic) bond motifs is 1. The minimum atomic E-state index is -0.637. The highest BCUT2D eigenvalue weighted by atomic mass is 127. The van der Waals surface area contributed by atoms with Gasteiger partial charge in [-0.1, -0.05) is 0 Å². The summed E-state index contributed by atoms with van der Waals surface area (Å²) in [6.45, 7) is -0.101. The first-order chi connectivity index (χ1) is 12.5. The second-order valence-electron chi connectivity index (χ2n) is 5.33. The fourth-order valence-corrected chi connectivity index (χ4v) is 2.80. The molecule has 0 saturated carbocycles. The number of hydrogen-bond donors (Lipinski definition) is 4. The SMILES string of the molecule is O=C(NOCCO)c1cc2c(nc1Nc1ccc(I)cc1F)C(=O)NC2. The Labute approximate surface area is 161 Å². The number of anilines is 2. The molecule has 4 N–H and O–H groups in total. The maximum Gasteiger partial charge on any atom is 0.278 e. The number of hydrogen-bond acceptors (Lipinski definition) is 6. The molecular weight excluding hydrogens is 458 g/mol. The van der Waals surface area contributed by atoms with Gasteiger partial charge in [-0.15, -0.1) is 0 Å². The Morgan fingerprint density at radius 3 is 2.96 bits per heavy atom. The van der Waals surface area contributed by atoms with E-state index < -0.39 is 11.7 Å². The van der Waals surface area contributed by atoms with Crippen LogP contribution in [-0.4, -0.2) is 35.1 Å². The molecule has 26 heavy (non-hydrogen) atoms. The molecule has 0 unspecified atom stereocenters. The third-order valence-corrected chi connectivity index (χ3v) is 4.21. The predicted molar refractivity (Wildman–Crippen MR) is 98.3 cm³/mol. The van der Waals surface area contributed by atoms with Gasteiger partial charge in [-0.3, -0.25) is 14.4 Å². The van der Waals surface area contributed by atoms with Crippen LogP contribution in [0.1, 0.15) is 26.4 Å². The molecular formula is C16H14FIN4O4. The molecule has 8 nitrogen and oxygen atoms in total. The highest BCUT2D eigenvalue weighted by Gasteiger charge is 2.26. The number of rotatable bonds is 6. The van der Waals surface area contributed by atoms with Crippen LogP contribution in [0.5, 0.6) is 0 Å². The van der Waals surface area contributed by atoms with Gasteiger partial charge in [0.1, 0.15) is 17.3 Å². The average Bonchev–Trinajstić information content (AvgIpc) is 2.97. The summed E-state index contributed by atoms with van der Waals surface area (Å²) in [7, 11) is 0. The van der Waals surface area contributed by atoms with Crippen molar-refractivity contribution in [2.45, 2.75) is 6.54 Å². The number of aliphatic hydroxyl groups is 1. The van der Waals surface area contributed by atoms with E-state index in [-0.39, 0.29) is 48.4 Å². The monoisotopic (exact) mass is 472 g/mol. The van der Waals surface area contributed by atoms with E-state index in [1.165, 1.54) is 18.2 Å². The van der Waals surface area contributed by atoms with Crippen molar-refractivity contribution in [1.82, 2.24) is 15.8 Å². The topological polar surface area (TPSA) is 113 Å². The number of carbonyl (C=O) groups excluding carboxylic acids is 2. The fourth-order valence-electron chi connectivity index (χ4n) is 2.35. The Morgan fingerprint density at radius 1 is 1.42 bits per heavy atom. The van der Waals surface area contributed by atoms with Gasteiger partial charge in [0.25, 0.3) is 11.8 Å². The van der Waals surface area contributed by atoms with E-state index in [2.05, 4.69) is 21.1 Å². The molecule has 0 aliphatic carbocycles. The van der Waals surface area contributed by atoms with Crippen LogP contribution in [0.15, 0.2) is 24.3 Å². The zero-order chi connectivity index (χ0) is 18.7. The summed E-state index contributed by atoms with van der Waals surface area (Å²) in [5.74, 6) is -1.51. The molecule has 0 atom stereocenters. The van der Waals surface area contributed by atoms with Crippen LogP contribution in [0, 0.1) is 9.39 Å². The quantitative estimate of drug-likeness (QED) is 0.288. The van der Waals surface area contributed by atoms with Crippen LogP contribution in [0.3, 0.4) is 0 Å². The molecule has 0 fully saturated rings. The summed E-state index contributed by atoms with van der Waals surface area (Å²) in [6.07, 6.45) is 0. The van der Waals surface area contributed by atoms with Gasteiger partial charge in [0.2, 0.25) is 0 Å². The van der Waals surface area contributed by atoms with Gasteiger partial charge in [-0.25, -0.2) is 14.9 Å². The van der Waals surface area contributed by atoms with Gasteiger partial charge in [-0.2, -0.15) is 0 Å². The van der Waals surface area contributed by atoms with Crippen molar-refractivity contribution in [2.24, 2.45) is 0 Å². The lowest BCUT2D eigenvalue weighted by Crippen LogP contribution is -2.26. The standard InChI is InChI=1S/C16H14FIN4O4/c17-11-6-9(18)1-2-12(11)20-14-10(15(24)22-26-4-3-23)5-8-7-19-16(25)13(8)21-14/h1-2,5-6,23H,3-4,7H2,(H,19,25)(H,20,21)(H,22,24). The number of hydroxylamine groups is 1. The minimum Gasteiger partial charge on any atom is -0.394 e. The van der Waals surface area contributed by atoms with Crippen molar-refractivity contribution >= 4 is 45.9 Å². The largest absolute Gasteiger partial charge is 0.394 e. The van der Waals surface area contributed by atoms with E-state index in [9.17, 15) is 14.0 Å². The molecule has 0 saturated heterocycles. The number of benzene rings is 1. The lowest BCUT2D eigenvalue weighted by molar-refractivity contribution is 0.0168. The number of aliphatic hydroxyl groups excluding tert-OH is 1. The van der Waals surface area contributed by atoms with Crippen LogP contribution in [0.25, 0.3) is 0 Å². The molecule has 2 amide bonds. The molecule has 1 aromatic heterocycles. The first-order valence-electron chi connectivity index (χ1n) is 7.56. The van der Waals surface area contributed by atoms with Crippen molar-refractivity contribution in [2.75, 3.05) is 18.5 Å². The minimum absolute atomic E-state index is 0.0195. The zero-order valence-corrected chi connectivity index (χ0v) is 15.5. The highest BCUT2D eigenvalue weighted by Crippen LogP contribution is 2.26. The molecule has 3 rings (SSSR count). The maximum atomic E-state index is 14.1. The van der Waals surface area contributed by atoms with Crippen LogP contribution >= 0.6 is 22.6 Å². The molecule has 2 heterocycles. The van der Waals surface area contributed by atoms with Gasteiger partial charge in [0, 0.05) is 15.7 Å². The Hall–Kier alpha value is -2.31. The summed E-state index contributed by atoms with van der Waals surface area (Å²) in [6, 6.07) is 6.02. The van der Waals surface area contributed by atoms with Crippen molar-refractivity contribution in [3.05, 3.63) is 50.5 Å². The average molecular weight is 472 g/mol. The lowest BCUT2D eigenvalue weighted by atomic mass is 10.1. The zero-order valence-electron chi connectivity index (χ0n) is 13.3. The Bertz CT molecular complexity index is 878. The van der Waals surface area contributed by atoms with E-state index in [0.717, 1.165) is 0 Å². The number of halogens is 2. The van der Waals surface area contributed by atoms with Gasteiger partial charge in [-0.05, 0) is 46.9 Å². The molecule has 1 aliphatic rings. The van der Waals surface area contributed by atoms with E-state index >= 15 is 0 Å². The van der Waals surface area contributed by atoms with Crippen LogP contribution < -0.4 is 16.1 Å². The van der Waals surface area contributed by atoms with Crippen LogP contribution in [0.4, 0.5) is 15.9 Å². The molecule has 0 bridgehead atoms. The third kappa shape index (κ3) is 3.92. The number of aromatic nitrogens is 1. The lowest BCUT2D eigenvalue weighted by Gasteiger charge is -2.13. The van der Waals surface area contributed by atoms with Crippen LogP contribution in [-0.2, 0) is 11.4 Å². The number of carbonyl (C=O) groups is 2. The normalized spacial score (nSPS) is 12.5. The first kappa shape index (κ1) is 18.5. The Balaban J connectivity index is 1.97. The Kier molecular flexibility index (Phi) is 5.64. The molecule has 10 heteroatoms. The van der Waals surface area contributed by atoms with E-state index in [1.807, 2.05) is 22.6 Å². The summed E-state index contributed by atoms with van der Waals surface area (Å²) in [5, 5.41) is 14.1. The van der Waals surface area contributed by atoms with E-state index in [1.54, 1.807) is 6.07 Å². The van der Waals surface area contributed by atoms with Crippen LogP contribution in [0.2, 0.25) is 0 Å². The second kappa shape index (κ2) is 7.93. The number of pyridine rings is 1. The maximum absolute atomic E-state index is 14.1. The summed E-state index contributed by atoms with van der Waals surface area (Å²) in [4.78, 5) is 33.2. The van der Waals surface area contributed by atoms with Crippen molar-refractivity contribution in [3.63, 3.8) is 0 Å². The molecule has 1 aliphatic heterocycles. The summed E-state index contributed by atoms with van der Waals surface area (Å²) in [5.41, 5.74) is 3.09. The predicted octanol–water partition coefficient (Wildman–Crippen LogP) is 1.47. The van der Waals surface area contributed by atoms with Gasteiger partial charge < -0.3 is 15.7 Å². The molecule has 0 spiro atoms. The number of amides is 2. The van der Waals surface area contributed by atoms with E-state index in [0.29, 0.717) is 9.13 Å². The summed E-state index contributed by atoms with van der Waals surface area (Å²) >= 11 is 1.98. The van der Waals surface area contributed by atoms with E-state index in [4.69, 9.17) is 9.94 Å². The second-order valence-corrected chi connectivity index (χ2v) is 6.57. The summed E-state index contributed by atoms with van der Waals surface area (Å²) < 4.78 is 14.9. The van der Waals surface area contributed by atoms with Gasteiger partial charge in [0.15, 0.2) is 0 Å². The number of nitrogens with zero attached hydrogens (tertiary/aromatic N) is 1. The highest BCUT2D eigenvalue weighted by molar-refractivity contribution is 14.1. The molecule has 136 valence electrons. The Morgan fingerprint density at radius 2 is 2.23 bits per heavy atom. The smallest absolute Gasteiger partial charge is 0.278 e. The van der Waals surface area contributed by atoms with Crippen molar-refractivity contribution < 1.29 is 23.9 Å².